The molecule has 1 heteroatoms. The molecule has 6 rings (SSSR count). The molecule has 1 heterocycles. The van der Waals surface area contributed by atoms with E-state index in [1.807, 2.05) is 12.1 Å². The van der Waals surface area contributed by atoms with Crippen LogP contribution in [-0.4, -0.2) is 0 Å². The van der Waals surface area contributed by atoms with Gasteiger partial charge in [-0.15, -0.1) is 0 Å². The average molecular weight is 449 g/mol. The van der Waals surface area contributed by atoms with Gasteiger partial charge in [0.2, 0.25) is 0 Å². The van der Waals surface area contributed by atoms with Crippen molar-refractivity contribution < 1.29 is 4.42 Å². The van der Waals surface area contributed by atoms with Crippen molar-refractivity contribution in [2.45, 2.75) is 0 Å². The van der Waals surface area contributed by atoms with E-state index in [2.05, 4.69) is 133 Å². The smallest absolute Gasteiger partial charge is 0.135 e. The number of hydrogen-bond acceptors (Lipinski definition) is 1. The van der Waals surface area contributed by atoms with E-state index in [-0.39, 0.29) is 0 Å². The highest BCUT2D eigenvalue weighted by molar-refractivity contribution is 5.87. The topological polar surface area (TPSA) is 13.1 Å². The summed E-state index contributed by atoms with van der Waals surface area (Å²) in [7, 11) is 0. The average Bonchev–Trinajstić information content (AvgIpc) is 3.37. The molecule has 5 aromatic carbocycles. The molecule has 0 saturated carbocycles. The van der Waals surface area contributed by atoms with Crippen LogP contribution in [0.5, 0.6) is 0 Å². The molecule has 1 nitrogen and oxygen atoms in total. The Morgan fingerprint density at radius 3 is 1.49 bits per heavy atom. The molecule has 0 radical (unpaired) electrons. The third kappa shape index (κ3) is 4.58. The summed E-state index contributed by atoms with van der Waals surface area (Å²) in [5.74, 6) is 0.886. The summed E-state index contributed by atoms with van der Waals surface area (Å²) in [4.78, 5) is 0. The van der Waals surface area contributed by atoms with Crippen LogP contribution >= 0.6 is 0 Å². The Morgan fingerprint density at radius 1 is 0.400 bits per heavy atom. The van der Waals surface area contributed by atoms with Gasteiger partial charge in [-0.3, -0.25) is 0 Å². The molecule has 0 aliphatic rings. The second kappa shape index (κ2) is 9.32. The van der Waals surface area contributed by atoms with E-state index in [4.69, 9.17) is 4.42 Å². The highest BCUT2D eigenvalue weighted by Crippen LogP contribution is 2.31. The van der Waals surface area contributed by atoms with Crippen LogP contribution in [0.4, 0.5) is 0 Å². The normalized spacial score (nSPS) is 11.3. The molecule has 0 saturated heterocycles. The zero-order chi connectivity index (χ0) is 23.5. The molecule has 0 atom stereocenters. The standard InChI is InChI=1S/C34H24O/c1-3-7-27(8-4-1)29-17-13-25(14-18-29)11-12-26-15-19-30(20-16-26)34-24-32-23-31(21-22-33(32)35-34)28-9-5-2-6-10-28/h1-24H/b12-11+. The largest absolute Gasteiger partial charge is 0.456 e. The van der Waals surface area contributed by atoms with Gasteiger partial charge in [0, 0.05) is 10.9 Å². The van der Waals surface area contributed by atoms with Crippen molar-refractivity contribution in [1.82, 2.24) is 0 Å². The molecule has 0 spiro atoms. The minimum absolute atomic E-state index is 0.886. The highest BCUT2D eigenvalue weighted by atomic mass is 16.3. The number of benzene rings is 5. The van der Waals surface area contributed by atoms with Crippen LogP contribution < -0.4 is 0 Å². The van der Waals surface area contributed by atoms with Crippen molar-refractivity contribution >= 4 is 23.1 Å². The van der Waals surface area contributed by atoms with Gasteiger partial charge in [0.25, 0.3) is 0 Å². The fourth-order valence-electron chi connectivity index (χ4n) is 4.36. The van der Waals surface area contributed by atoms with Crippen LogP contribution in [0.25, 0.3) is 56.7 Å². The third-order valence-corrected chi connectivity index (χ3v) is 6.30. The summed E-state index contributed by atoms with van der Waals surface area (Å²) >= 11 is 0. The van der Waals surface area contributed by atoms with Crippen molar-refractivity contribution in [2.75, 3.05) is 0 Å². The Morgan fingerprint density at radius 2 is 0.886 bits per heavy atom. The van der Waals surface area contributed by atoms with Crippen LogP contribution in [0.1, 0.15) is 11.1 Å². The van der Waals surface area contributed by atoms with E-state index in [0.29, 0.717) is 0 Å². The Labute approximate surface area is 205 Å². The van der Waals surface area contributed by atoms with Gasteiger partial charge in [-0.1, -0.05) is 127 Å². The summed E-state index contributed by atoms with van der Waals surface area (Å²) in [5, 5.41) is 1.12. The first-order valence-corrected chi connectivity index (χ1v) is 11.8. The van der Waals surface area contributed by atoms with Gasteiger partial charge < -0.3 is 4.42 Å². The monoisotopic (exact) mass is 448 g/mol. The van der Waals surface area contributed by atoms with Gasteiger partial charge in [0.15, 0.2) is 0 Å². The third-order valence-electron chi connectivity index (χ3n) is 6.30. The summed E-state index contributed by atoms with van der Waals surface area (Å²) in [6.45, 7) is 0. The van der Waals surface area contributed by atoms with Gasteiger partial charge in [-0.2, -0.15) is 0 Å². The van der Waals surface area contributed by atoms with Crippen LogP contribution in [0.3, 0.4) is 0 Å². The fraction of sp³-hybridized carbons (Fsp3) is 0. The van der Waals surface area contributed by atoms with Crippen molar-refractivity contribution in [3.05, 3.63) is 145 Å². The molecule has 0 aliphatic heterocycles. The van der Waals surface area contributed by atoms with Crippen molar-refractivity contribution in [2.24, 2.45) is 0 Å². The molecular formula is C34H24O. The maximum absolute atomic E-state index is 6.14. The minimum atomic E-state index is 0.886. The molecule has 35 heavy (non-hydrogen) atoms. The summed E-state index contributed by atoms with van der Waals surface area (Å²) in [6.07, 6.45) is 4.29. The first-order chi connectivity index (χ1) is 17.3. The number of fused-ring (bicyclic) bond motifs is 1. The molecule has 166 valence electrons. The number of furan rings is 1. The molecule has 0 bridgehead atoms. The lowest BCUT2D eigenvalue weighted by atomic mass is 10.0. The second-order valence-corrected chi connectivity index (χ2v) is 8.67. The van der Waals surface area contributed by atoms with E-state index in [0.717, 1.165) is 27.9 Å². The summed E-state index contributed by atoms with van der Waals surface area (Å²) in [5.41, 5.74) is 9.19. The lowest BCUT2D eigenvalue weighted by molar-refractivity contribution is 0.631. The molecule has 0 N–H and O–H groups in total. The number of rotatable bonds is 5. The van der Waals surface area contributed by atoms with E-state index < -0.39 is 0 Å². The zero-order valence-corrected chi connectivity index (χ0v) is 19.3. The van der Waals surface area contributed by atoms with Gasteiger partial charge >= 0.3 is 0 Å². The summed E-state index contributed by atoms with van der Waals surface area (Å²) < 4.78 is 6.14. The lowest BCUT2D eigenvalue weighted by Crippen LogP contribution is -1.78. The molecular weight excluding hydrogens is 424 g/mol. The van der Waals surface area contributed by atoms with E-state index in [1.54, 1.807) is 0 Å². The fourth-order valence-corrected chi connectivity index (χ4v) is 4.36. The predicted octanol–water partition coefficient (Wildman–Crippen LogP) is 9.60. The predicted molar refractivity (Wildman–Crippen MR) is 148 cm³/mol. The van der Waals surface area contributed by atoms with E-state index in [9.17, 15) is 0 Å². The summed E-state index contributed by atoms with van der Waals surface area (Å²) in [6, 6.07) is 46.5. The Kier molecular flexibility index (Phi) is 5.58. The van der Waals surface area contributed by atoms with Gasteiger partial charge in [-0.25, -0.2) is 0 Å². The Balaban J connectivity index is 1.19. The second-order valence-electron chi connectivity index (χ2n) is 8.67. The van der Waals surface area contributed by atoms with E-state index >= 15 is 0 Å². The zero-order valence-electron chi connectivity index (χ0n) is 19.3. The van der Waals surface area contributed by atoms with Crippen molar-refractivity contribution in [3.63, 3.8) is 0 Å². The highest BCUT2D eigenvalue weighted by Gasteiger charge is 2.08. The Bertz CT molecular complexity index is 1590. The van der Waals surface area contributed by atoms with Gasteiger partial charge in [0.1, 0.15) is 11.3 Å². The maximum atomic E-state index is 6.14. The van der Waals surface area contributed by atoms with Gasteiger partial charge in [0.05, 0.1) is 0 Å². The molecule has 0 fully saturated rings. The molecule has 0 aliphatic carbocycles. The SMILES string of the molecule is C(=C\c1ccc(-c2cc3cc(-c4ccccc4)ccc3o2)cc1)/c1ccc(-c2ccccc2)cc1. The van der Waals surface area contributed by atoms with Crippen LogP contribution in [-0.2, 0) is 0 Å². The Hall–Kier alpha value is -4.62. The van der Waals surface area contributed by atoms with Crippen LogP contribution in [0.15, 0.2) is 138 Å². The van der Waals surface area contributed by atoms with E-state index in [1.165, 1.54) is 27.8 Å². The lowest BCUT2D eigenvalue weighted by Gasteiger charge is -2.02. The molecule has 0 unspecified atom stereocenters. The van der Waals surface area contributed by atoms with Crippen LogP contribution in [0.2, 0.25) is 0 Å². The van der Waals surface area contributed by atoms with Crippen LogP contribution in [0, 0.1) is 0 Å². The van der Waals surface area contributed by atoms with Gasteiger partial charge in [-0.05, 0) is 51.6 Å². The first-order valence-electron chi connectivity index (χ1n) is 11.8. The first kappa shape index (κ1) is 20.9. The minimum Gasteiger partial charge on any atom is -0.456 e. The van der Waals surface area contributed by atoms with Crippen molar-refractivity contribution in [3.8, 4) is 33.6 Å². The molecule has 1 aromatic heterocycles. The maximum Gasteiger partial charge on any atom is 0.135 e. The molecule has 6 aromatic rings. The molecule has 0 amide bonds. The number of hydrogen-bond donors (Lipinski definition) is 0. The van der Waals surface area contributed by atoms with Crippen molar-refractivity contribution in [1.29, 1.82) is 0 Å². The quantitative estimate of drug-likeness (QED) is 0.239.